The highest BCUT2D eigenvalue weighted by atomic mass is 19.2. The summed E-state index contributed by atoms with van der Waals surface area (Å²) in [5.41, 5.74) is 7.14. The fourth-order valence-electron chi connectivity index (χ4n) is 2.26. The van der Waals surface area contributed by atoms with E-state index < -0.39 is 11.6 Å². The molecule has 0 spiro atoms. The lowest BCUT2D eigenvalue weighted by Crippen LogP contribution is -2.31. The number of benzene rings is 1. The Morgan fingerprint density at radius 2 is 2.11 bits per heavy atom. The van der Waals surface area contributed by atoms with Gasteiger partial charge in [-0.1, -0.05) is 0 Å². The summed E-state index contributed by atoms with van der Waals surface area (Å²) in [5.74, 6) is -0.739. The van der Waals surface area contributed by atoms with Gasteiger partial charge >= 0.3 is 0 Å². The lowest BCUT2D eigenvalue weighted by Gasteiger charge is -2.19. The lowest BCUT2D eigenvalue weighted by molar-refractivity contribution is 0.453. The minimum Gasteiger partial charge on any atom is -0.333 e. The molecule has 18 heavy (non-hydrogen) atoms. The predicted octanol–water partition coefficient (Wildman–Crippen LogP) is 2.10. The first-order valence-corrected chi connectivity index (χ1v) is 5.90. The Balaban J connectivity index is 2.00. The van der Waals surface area contributed by atoms with Gasteiger partial charge in [-0.05, 0) is 24.6 Å². The van der Waals surface area contributed by atoms with Crippen LogP contribution in [0.15, 0.2) is 24.4 Å². The Labute approximate surface area is 103 Å². The van der Waals surface area contributed by atoms with Gasteiger partial charge in [0.15, 0.2) is 11.6 Å². The highest BCUT2D eigenvalue weighted by molar-refractivity contribution is 5.58. The molecule has 1 aromatic heterocycles. The second kappa shape index (κ2) is 4.17. The number of halogens is 2. The highest BCUT2D eigenvalue weighted by Gasteiger charge is 2.18. The van der Waals surface area contributed by atoms with Gasteiger partial charge < -0.3 is 10.3 Å². The summed E-state index contributed by atoms with van der Waals surface area (Å²) in [6, 6.07) is 3.97. The molecule has 1 aromatic carbocycles. The van der Waals surface area contributed by atoms with Crippen molar-refractivity contribution in [3.63, 3.8) is 0 Å². The summed E-state index contributed by atoms with van der Waals surface area (Å²) in [6.45, 7) is 0.728. The van der Waals surface area contributed by atoms with Crippen molar-refractivity contribution in [3.8, 4) is 11.3 Å². The van der Waals surface area contributed by atoms with Gasteiger partial charge in [-0.25, -0.2) is 13.8 Å². The molecule has 0 amide bonds. The van der Waals surface area contributed by atoms with Gasteiger partial charge in [-0.3, -0.25) is 0 Å². The van der Waals surface area contributed by atoms with Crippen molar-refractivity contribution in [2.75, 3.05) is 0 Å². The van der Waals surface area contributed by atoms with E-state index in [1.807, 2.05) is 10.8 Å². The van der Waals surface area contributed by atoms with Crippen LogP contribution in [0.25, 0.3) is 11.3 Å². The number of rotatable bonds is 1. The molecule has 2 aromatic rings. The average Bonchev–Trinajstić information content (AvgIpc) is 2.75. The van der Waals surface area contributed by atoms with E-state index in [1.54, 1.807) is 0 Å². The SMILES string of the molecule is NC1CCc2nc(-c3ccc(F)c(F)c3)cn2C1. The number of nitrogens with two attached hydrogens (primary N) is 1. The Morgan fingerprint density at radius 3 is 2.89 bits per heavy atom. The van der Waals surface area contributed by atoms with Crippen LogP contribution in [0.4, 0.5) is 8.78 Å². The largest absolute Gasteiger partial charge is 0.333 e. The van der Waals surface area contributed by atoms with E-state index in [0.29, 0.717) is 11.3 Å². The molecule has 1 atom stereocenters. The minimum atomic E-state index is -0.852. The van der Waals surface area contributed by atoms with Crippen LogP contribution in [0.2, 0.25) is 0 Å². The Kier molecular flexibility index (Phi) is 2.63. The zero-order valence-corrected chi connectivity index (χ0v) is 9.74. The molecule has 2 heterocycles. The molecule has 0 fully saturated rings. The van der Waals surface area contributed by atoms with Gasteiger partial charge in [0.05, 0.1) is 5.69 Å². The standard InChI is InChI=1S/C13H13F2N3/c14-10-3-1-8(5-11(10)15)12-7-18-6-9(16)2-4-13(18)17-12/h1,3,5,7,9H,2,4,6,16H2. The fourth-order valence-corrected chi connectivity index (χ4v) is 2.26. The Morgan fingerprint density at radius 1 is 1.28 bits per heavy atom. The van der Waals surface area contributed by atoms with Crippen LogP contribution in [-0.2, 0) is 13.0 Å². The first-order chi connectivity index (χ1) is 8.63. The van der Waals surface area contributed by atoms with Gasteiger partial charge in [0.1, 0.15) is 5.82 Å². The average molecular weight is 249 g/mol. The molecule has 0 aliphatic carbocycles. The van der Waals surface area contributed by atoms with E-state index in [9.17, 15) is 8.78 Å². The van der Waals surface area contributed by atoms with Gasteiger partial charge in [0, 0.05) is 30.8 Å². The van der Waals surface area contributed by atoms with Crippen molar-refractivity contribution >= 4 is 0 Å². The van der Waals surface area contributed by atoms with Gasteiger partial charge in [-0.15, -0.1) is 0 Å². The van der Waals surface area contributed by atoms with E-state index in [0.717, 1.165) is 31.3 Å². The monoisotopic (exact) mass is 249 g/mol. The van der Waals surface area contributed by atoms with Crippen LogP contribution >= 0.6 is 0 Å². The number of aromatic nitrogens is 2. The van der Waals surface area contributed by atoms with Crippen LogP contribution in [0, 0.1) is 11.6 Å². The molecular formula is C13H13F2N3. The summed E-state index contributed by atoms with van der Waals surface area (Å²) < 4.78 is 28.0. The smallest absolute Gasteiger partial charge is 0.159 e. The third-order valence-corrected chi connectivity index (χ3v) is 3.24. The van der Waals surface area contributed by atoms with Gasteiger partial charge in [0.25, 0.3) is 0 Å². The normalized spacial score (nSPS) is 18.7. The van der Waals surface area contributed by atoms with Crippen molar-refractivity contribution in [2.24, 2.45) is 5.73 Å². The highest BCUT2D eigenvalue weighted by Crippen LogP contribution is 2.23. The van der Waals surface area contributed by atoms with Gasteiger partial charge in [0.2, 0.25) is 0 Å². The van der Waals surface area contributed by atoms with Crippen molar-refractivity contribution in [1.82, 2.24) is 9.55 Å². The summed E-state index contributed by atoms with van der Waals surface area (Å²) in [5, 5.41) is 0. The van der Waals surface area contributed by atoms with Crippen LogP contribution in [0.3, 0.4) is 0 Å². The van der Waals surface area contributed by atoms with Crippen LogP contribution in [0.5, 0.6) is 0 Å². The molecule has 3 rings (SSSR count). The third-order valence-electron chi connectivity index (χ3n) is 3.24. The first-order valence-electron chi connectivity index (χ1n) is 5.90. The summed E-state index contributed by atoms with van der Waals surface area (Å²) in [4.78, 5) is 4.44. The van der Waals surface area contributed by atoms with Crippen molar-refractivity contribution < 1.29 is 8.78 Å². The predicted molar refractivity (Wildman–Crippen MR) is 63.9 cm³/mol. The Hall–Kier alpha value is -1.75. The maximum atomic E-state index is 13.2. The minimum absolute atomic E-state index is 0.143. The van der Waals surface area contributed by atoms with E-state index in [2.05, 4.69) is 4.98 Å². The second-order valence-electron chi connectivity index (χ2n) is 4.62. The van der Waals surface area contributed by atoms with Crippen LogP contribution in [0.1, 0.15) is 12.2 Å². The van der Waals surface area contributed by atoms with Crippen molar-refractivity contribution in [2.45, 2.75) is 25.4 Å². The second-order valence-corrected chi connectivity index (χ2v) is 4.62. The molecule has 1 aliphatic heterocycles. The molecule has 94 valence electrons. The van der Waals surface area contributed by atoms with Crippen LogP contribution in [-0.4, -0.2) is 15.6 Å². The van der Waals surface area contributed by atoms with Crippen molar-refractivity contribution in [3.05, 3.63) is 41.9 Å². The van der Waals surface area contributed by atoms with Crippen LogP contribution < -0.4 is 5.73 Å². The molecular weight excluding hydrogens is 236 g/mol. The third kappa shape index (κ3) is 1.90. The van der Waals surface area contributed by atoms with E-state index in [4.69, 9.17) is 5.73 Å². The number of nitrogens with zero attached hydrogens (tertiary/aromatic N) is 2. The summed E-state index contributed by atoms with van der Waals surface area (Å²) >= 11 is 0. The molecule has 0 bridgehead atoms. The van der Waals surface area contributed by atoms with E-state index in [1.165, 1.54) is 12.1 Å². The summed E-state index contributed by atoms with van der Waals surface area (Å²) in [6.07, 6.45) is 3.58. The van der Waals surface area contributed by atoms with Gasteiger partial charge in [-0.2, -0.15) is 0 Å². The number of hydrogen-bond acceptors (Lipinski definition) is 2. The molecule has 0 saturated heterocycles. The molecule has 0 saturated carbocycles. The topological polar surface area (TPSA) is 43.8 Å². The number of aryl methyl sites for hydroxylation is 1. The zero-order chi connectivity index (χ0) is 12.7. The quantitative estimate of drug-likeness (QED) is 0.841. The molecule has 1 unspecified atom stereocenters. The first kappa shape index (κ1) is 11.3. The zero-order valence-electron chi connectivity index (χ0n) is 9.74. The molecule has 3 nitrogen and oxygen atoms in total. The maximum Gasteiger partial charge on any atom is 0.159 e. The molecule has 1 aliphatic rings. The molecule has 2 N–H and O–H groups in total. The molecule has 5 heteroatoms. The summed E-state index contributed by atoms with van der Waals surface area (Å²) in [7, 11) is 0. The maximum absolute atomic E-state index is 13.2. The number of imidazole rings is 1. The fraction of sp³-hybridized carbons (Fsp3) is 0.308. The van der Waals surface area contributed by atoms with E-state index >= 15 is 0 Å². The van der Waals surface area contributed by atoms with Crippen molar-refractivity contribution in [1.29, 1.82) is 0 Å². The number of hydrogen-bond donors (Lipinski definition) is 1. The van der Waals surface area contributed by atoms with E-state index in [-0.39, 0.29) is 6.04 Å². The Bertz CT molecular complexity index is 592. The molecule has 0 radical (unpaired) electrons. The lowest BCUT2D eigenvalue weighted by atomic mass is 10.1. The number of fused-ring (bicyclic) bond motifs is 1.